The molecule has 0 aromatic carbocycles. The van der Waals surface area contributed by atoms with E-state index in [9.17, 15) is 9.90 Å². The summed E-state index contributed by atoms with van der Waals surface area (Å²) in [6.07, 6.45) is 1.91. The number of amides is 1. The number of carbonyl (C=O) groups is 1. The predicted molar refractivity (Wildman–Crippen MR) is 71.9 cm³/mol. The third-order valence-electron chi connectivity index (χ3n) is 3.02. The molecule has 0 spiro atoms. The fourth-order valence-electron chi connectivity index (χ4n) is 1.55. The third-order valence-corrected chi connectivity index (χ3v) is 3.02. The van der Waals surface area contributed by atoms with Crippen molar-refractivity contribution in [1.82, 2.24) is 10.6 Å². The summed E-state index contributed by atoms with van der Waals surface area (Å²) >= 11 is 0. The highest BCUT2D eigenvalue weighted by Gasteiger charge is 2.21. The molecule has 1 amide bonds. The van der Waals surface area contributed by atoms with Gasteiger partial charge in [0.2, 0.25) is 5.91 Å². The molecule has 1 aliphatic rings. The Morgan fingerprint density at radius 1 is 1.47 bits per heavy atom. The van der Waals surface area contributed by atoms with Crippen molar-refractivity contribution in [3.05, 3.63) is 0 Å². The van der Waals surface area contributed by atoms with Crippen LogP contribution in [0.15, 0.2) is 0 Å². The van der Waals surface area contributed by atoms with Gasteiger partial charge in [-0.25, -0.2) is 0 Å². The van der Waals surface area contributed by atoms with Crippen LogP contribution in [0.5, 0.6) is 0 Å². The Bertz CT molecular complexity index is 259. The summed E-state index contributed by atoms with van der Waals surface area (Å²) in [6, 6.07) is -0.338. The van der Waals surface area contributed by atoms with Gasteiger partial charge in [-0.1, -0.05) is 0 Å². The zero-order valence-electron chi connectivity index (χ0n) is 11.9. The maximum absolute atomic E-state index is 11.6. The molecule has 1 fully saturated rings. The SMILES string of the molecule is COCCNC(=O)C(C)NCC(O)COCC1CC1. The molecule has 0 aromatic heterocycles. The molecule has 0 heterocycles. The minimum Gasteiger partial charge on any atom is -0.389 e. The maximum atomic E-state index is 11.6. The summed E-state index contributed by atoms with van der Waals surface area (Å²) in [5.41, 5.74) is 0. The van der Waals surface area contributed by atoms with Gasteiger partial charge in [0.15, 0.2) is 0 Å². The average molecular weight is 274 g/mol. The van der Waals surface area contributed by atoms with E-state index in [0.717, 1.165) is 6.61 Å². The normalized spacial score (nSPS) is 18.1. The first kappa shape index (κ1) is 16.4. The van der Waals surface area contributed by atoms with Gasteiger partial charge < -0.3 is 25.2 Å². The van der Waals surface area contributed by atoms with Crippen molar-refractivity contribution in [3.8, 4) is 0 Å². The van der Waals surface area contributed by atoms with Gasteiger partial charge in [0.25, 0.3) is 0 Å². The molecule has 19 heavy (non-hydrogen) atoms. The minimum atomic E-state index is -0.576. The lowest BCUT2D eigenvalue weighted by atomic mass is 10.3. The van der Waals surface area contributed by atoms with Gasteiger partial charge in [0.1, 0.15) is 0 Å². The van der Waals surface area contributed by atoms with E-state index in [2.05, 4.69) is 10.6 Å². The topological polar surface area (TPSA) is 79.8 Å². The second-order valence-corrected chi connectivity index (χ2v) is 5.05. The van der Waals surface area contributed by atoms with Crippen LogP contribution in [-0.4, -0.2) is 63.2 Å². The van der Waals surface area contributed by atoms with Crippen LogP contribution in [0.1, 0.15) is 19.8 Å². The molecule has 0 radical (unpaired) electrons. The summed E-state index contributed by atoms with van der Waals surface area (Å²) in [5, 5.41) is 15.4. The van der Waals surface area contributed by atoms with E-state index in [0.29, 0.717) is 32.2 Å². The minimum absolute atomic E-state index is 0.0943. The van der Waals surface area contributed by atoms with Crippen molar-refractivity contribution in [2.75, 3.05) is 40.0 Å². The van der Waals surface area contributed by atoms with Crippen LogP contribution in [0.2, 0.25) is 0 Å². The molecule has 6 heteroatoms. The molecule has 6 nitrogen and oxygen atoms in total. The van der Waals surface area contributed by atoms with Gasteiger partial charge in [0, 0.05) is 26.8 Å². The van der Waals surface area contributed by atoms with E-state index in [4.69, 9.17) is 9.47 Å². The Kier molecular flexibility index (Phi) is 7.97. The maximum Gasteiger partial charge on any atom is 0.236 e. The first-order valence-corrected chi connectivity index (χ1v) is 6.89. The van der Waals surface area contributed by atoms with Gasteiger partial charge in [-0.15, -0.1) is 0 Å². The Morgan fingerprint density at radius 2 is 2.21 bits per heavy atom. The number of nitrogens with one attached hydrogen (secondary N) is 2. The Hall–Kier alpha value is -0.690. The van der Waals surface area contributed by atoms with Crippen molar-refractivity contribution >= 4 is 5.91 Å². The fraction of sp³-hybridized carbons (Fsp3) is 0.923. The predicted octanol–water partition coefficient (Wildman–Crippen LogP) is -0.485. The van der Waals surface area contributed by atoms with Crippen LogP contribution >= 0.6 is 0 Å². The standard InChI is InChI=1S/C13H26N2O4/c1-10(13(17)14-5-6-18-2)15-7-12(16)9-19-8-11-3-4-11/h10-12,15-16H,3-9H2,1-2H3,(H,14,17). The molecule has 0 bridgehead atoms. The number of hydrogen-bond donors (Lipinski definition) is 3. The zero-order chi connectivity index (χ0) is 14.1. The smallest absolute Gasteiger partial charge is 0.236 e. The molecule has 2 unspecified atom stereocenters. The van der Waals surface area contributed by atoms with Crippen LogP contribution in [0, 0.1) is 5.92 Å². The van der Waals surface area contributed by atoms with E-state index in [-0.39, 0.29) is 11.9 Å². The van der Waals surface area contributed by atoms with Crippen LogP contribution in [0.3, 0.4) is 0 Å². The molecular formula is C13H26N2O4. The number of aliphatic hydroxyl groups is 1. The summed E-state index contributed by atoms with van der Waals surface area (Å²) in [4.78, 5) is 11.6. The largest absolute Gasteiger partial charge is 0.389 e. The van der Waals surface area contributed by atoms with Crippen LogP contribution in [0.25, 0.3) is 0 Å². The van der Waals surface area contributed by atoms with E-state index in [1.807, 2.05) is 0 Å². The number of carbonyl (C=O) groups excluding carboxylic acids is 1. The van der Waals surface area contributed by atoms with Crippen molar-refractivity contribution < 1.29 is 19.4 Å². The molecule has 112 valence electrons. The zero-order valence-corrected chi connectivity index (χ0v) is 11.9. The van der Waals surface area contributed by atoms with Crippen molar-refractivity contribution in [2.45, 2.75) is 31.9 Å². The van der Waals surface area contributed by atoms with E-state index < -0.39 is 6.10 Å². The summed E-state index contributed by atoms with van der Waals surface area (Å²) in [6.45, 7) is 4.17. The highest BCUT2D eigenvalue weighted by molar-refractivity contribution is 5.81. The lowest BCUT2D eigenvalue weighted by molar-refractivity contribution is -0.123. The first-order valence-electron chi connectivity index (χ1n) is 6.89. The lowest BCUT2D eigenvalue weighted by Crippen LogP contribution is -2.46. The van der Waals surface area contributed by atoms with Gasteiger partial charge >= 0.3 is 0 Å². The van der Waals surface area contributed by atoms with Gasteiger partial charge in [-0.3, -0.25) is 4.79 Å². The summed E-state index contributed by atoms with van der Waals surface area (Å²) in [7, 11) is 1.59. The molecular weight excluding hydrogens is 248 g/mol. The molecule has 2 atom stereocenters. The summed E-state index contributed by atoms with van der Waals surface area (Å²) < 4.78 is 10.2. The Labute approximate surface area is 114 Å². The Balaban J connectivity index is 1.99. The number of rotatable bonds is 11. The number of aliphatic hydroxyl groups excluding tert-OH is 1. The van der Waals surface area contributed by atoms with E-state index in [1.165, 1.54) is 12.8 Å². The lowest BCUT2D eigenvalue weighted by Gasteiger charge is -2.17. The average Bonchev–Trinajstić information content (AvgIpc) is 3.20. The number of ether oxygens (including phenoxy) is 2. The Morgan fingerprint density at radius 3 is 2.84 bits per heavy atom. The molecule has 0 aromatic rings. The van der Waals surface area contributed by atoms with E-state index >= 15 is 0 Å². The van der Waals surface area contributed by atoms with Crippen molar-refractivity contribution in [2.24, 2.45) is 5.92 Å². The van der Waals surface area contributed by atoms with Crippen molar-refractivity contribution in [1.29, 1.82) is 0 Å². The molecule has 3 N–H and O–H groups in total. The van der Waals surface area contributed by atoms with Gasteiger partial charge in [-0.2, -0.15) is 0 Å². The monoisotopic (exact) mass is 274 g/mol. The molecule has 1 rings (SSSR count). The number of hydrogen-bond acceptors (Lipinski definition) is 5. The highest BCUT2D eigenvalue weighted by atomic mass is 16.5. The van der Waals surface area contributed by atoms with Crippen LogP contribution in [-0.2, 0) is 14.3 Å². The van der Waals surface area contributed by atoms with Crippen LogP contribution in [0.4, 0.5) is 0 Å². The highest BCUT2D eigenvalue weighted by Crippen LogP contribution is 2.28. The van der Waals surface area contributed by atoms with Crippen LogP contribution < -0.4 is 10.6 Å². The second kappa shape index (κ2) is 9.25. The quantitative estimate of drug-likeness (QED) is 0.443. The molecule has 0 saturated heterocycles. The van der Waals surface area contributed by atoms with Gasteiger partial charge in [-0.05, 0) is 25.7 Å². The molecule has 1 saturated carbocycles. The first-order chi connectivity index (χ1) is 9.13. The fourth-order valence-corrected chi connectivity index (χ4v) is 1.55. The third kappa shape index (κ3) is 8.15. The molecule has 0 aliphatic heterocycles. The summed E-state index contributed by atoms with van der Waals surface area (Å²) in [5.74, 6) is 0.605. The van der Waals surface area contributed by atoms with Gasteiger partial charge in [0.05, 0.1) is 25.4 Å². The molecule has 1 aliphatic carbocycles. The van der Waals surface area contributed by atoms with E-state index in [1.54, 1.807) is 14.0 Å². The second-order valence-electron chi connectivity index (χ2n) is 5.05. The number of methoxy groups -OCH3 is 1. The van der Waals surface area contributed by atoms with Crippen molar-refractivity contribution in [3.63, 3.8) is 0 Å².